The molecule has 1 aromatic heterocycles. The number of aliphatic carboxylic acids is 1. The molecule has 0 atom stereocenters. The molecule has 0 amide bonds. The Balaban J connectivity index is 2.43. The summed E-state index contributed by atoms with van der Waals surface area (Å²) >= 11 is 0. The van der Waals surface area contributed by atoms with Crippen molar-refractivity contribution in [3.05, 3.63) is 17.5 Å². The standard InChI is InChI=1S/C10H14N2O3/c1-6-5-12(2)11-8(6)10(9(14)15)3-7(13)4-10/h5,7,13H,3-4H2,1-2H3,(H,14,15). The number of aliphatic hydroxyl groups is 1. The highest BCUT2D eigenvalue weighted by Gasteiger charge is 2.53. The lowest BCUT2D eigenvalue weighted by atomic mass is 9.64. The van der Waals surface area contributed by atoms with Crippen LogP contribution in [0.15, 0.2) is 6.20 Å². The first kappa shape index (κ1) is 10.2. The van der Waals surface area contributed by atoms with Crippen LogP contribution in [0.2, 0.25) is 0 Å². The fourth-order valence-corrected chi connectivity index (χ4v) is 2.29. The number of aromatic nitrogens is 2. The van der Waals surface area contributed by atoms with Crippen LogP contribution in [-0.2, 0) is 17.3 Å². The van der Waals surface area contributed by atoms with Gasteiger partial charge in [0.05, 0.1) is 11.8 Å². The van der Waals surface area contributed by atoms with Crippen molar-refractivity contribution in [1.82, 2.24) is 9.78 Å². The highest BCUT2D eigenvalue weighted by molar-refractivity contribution is 5.82. The Morgan fingerprint density at radius 1 is 1.67 bits per heavy atom. The van der Waals surface area contributed by atoms with E-state index in [4.69, 9.17) is 0 Å². The third kappa shape index (κ3) is 1.34. The van der Waals surface area contributed by atoms with Crippen LogP contribution in [0.1, 0.15) is 24.1 Å². The van der Waals surface area contributed by atoms with Crippen molar-refractivity contribution in [2.45, 2.75) is 31.3 Å². The van der Waals surface area contributed by atoms with Gasteiger partial charge in [-0.1, -0.05) is 0 Å². The Bertz CT molecular complexity index is 405. The number of carboxylic acids is 1. The average Bonchev–Trinajstić information content (AvgIpc) is 2.39. The average molecular weight is 210 g/mol. The molecule has 0 radical (unpaired) electrons. The number of rotatable bonds is 2. The van der Waals surface area contributed by atoms with E-state index in [9.17, 15) is 15.0 Å². The van der Waals surface area contributed by atoms with Gasteiger partial charge in [0.1, 0.15) is 5.41 Å². The minimum absolute atomic E-state index is 0.264. The molecule has 1 aromatic rings. The zero-order valence-corrected chi connectivity index (χ0v) is 8.77. The smallest absolute Gasteiger partial charge is 0.316 e. The summed E-state index contributed by atoms with van der Waals surface area (Å²) in [4.78, 5) is 11.3. The maximum Gasteiger partial charge on any atom is 0.316 e. The van der Waals surface area contributed by atoms with E-state index in [2.05, 4.69) is 5.10 Å². The van der Waals surface area contributed by atoms with Gasteiger partial charge in [-0.15, -0.1) is 0 Å². The second-order valence-electron chi connectivity index (χ2n) is 4.28. The van der Waals surface area contributed by atoms with Crippen molar-refractivity contribution < 1.29 is 15.0 Å². The fraction of sp³-hybridized carbons (Fsp3) is 0.600. The van der Waals surface area contributed by atoms with Gasteiger partial charge in [0.15, 0.2) is 0 Å². The van der Waals surface area contributed by atoms with Gasteiger partial charge < -0.3 is 10.2 Å². The van der Waals surface area contributed by atoms with Gasteiger partial charge in [-0.3, -0.25) is 9.48 Å². The molecular formula is C10H14N2O3. The van der Waals surface area contributed by atoms with Gasteiger partial charge in [0.25, 0.3) is 0 Å². The van der Waals surface area contributed by atoms with Gasteiger partial charge in [-0.05, 0) is 25.3 Å². The second-order valence-corrected chi connectivity index (χ2v) is 4.28. The molecule has 2 rings (SSSR count). The summed E-state index contributed by atoms with van der Waals surface area (Å²) in [5, 5.41) is 22.7. The number of hydrogen-bond acceptors (Lipinski definition) is 3. The summed E-state index contributed by atoms with van der Waals surface area (Å²) in [6.07, 6.45) is 1.81. The highest BCUT2D eigenvalue weighted by atomic mass is 16.4. The number of aliphatic hydroxyl groups excluding tert-OH is 1. The van der Waals surface area contributed by atoms with Gasteiger partial charge in [0.2, 0.25) is 0 Å². The number of nitrogens with zero attached hydrogens (tertiary/aromatic N) is 2. The first-order valence-electron chi connectivity index (χ1n) is 4.88. The summed E-state index contributed by atoms with van der Waals surface area (Å²) < 4.78 is 1.61. The van der Waals surface area contributed by atoms with Crippen molar-refractivity contribution in [1.29, 1.82) is 0 Å². The molecule has 1 fully saturated rings. The van der Waals surface area contributed by atoms with Crippen LogP contribution in [0.25, 0.3) is 0 Å². The molecule has 0 bridgehead atoms. The molecule has 0 aliphatic heterocycles. The SMILES string of the molecule is Cc1cn(C)nc1C1(C(=O)O)CC(O)C1. The maximum absolute atomic E-state index is 11.3. The van der Waals surface area contributed by atoms with E-state index in [1.54, 1.807) is 17.9 Å². The second kappa shape index (κ2) is 3.06. The molecule has 0 saturated heterocycles. The van der Waals surface area contributed by atoms with Crippen LogP contribution < -0.4 is 0 Å². The molecule has 82 valence electrons. The lowest BCUT2D eigenvalue weighted by molar-refractivity contribution is -0.153. The minimum atomic E-state index is -0.968. The van der Waals surface area contributed by atoms with Crippen molar-refractivity contribution in [3.8, 4) is 0 Å². The van der Waals surface area contributed by atoms with E-state index in [1.165, 1.54) is 0 Å². The molecule has 15 heavy (non-hydrogen) atoms. The summed E-state index contributed by atoms with van der Waals surface area (Å²) in [7, 11) is 1.77. The number of carboxylic acid groups (broad SMARTS) is 1. The van der Waals surface area contributed by atoms with Gasteiger partial charge >= 0.3 is 5.97 Å². The normalized spacial score (nSPS) is 29.9. The molecule has 1 saturated carbocycles. The van der Waals surface area contributed by atoms with Crippen LogP contribution >= 0.6 is 0 Å². The third-order valence-electron chi connectivity index (χ3n) is 3.04. The fourth-order valence-electron chi connectivity index (χ4n) is 2.29. The number of carbonyl (C=O) groups is 1. The molecule has 1 aliphatic rings. The van der Waals surface area contributed by atoms with E-state index in [0.29, 0.717) is 5.69 Å². The Hall–Kier alpha value is -1.36. The first-order chi connectivity index (χ1) is 6.95. The zero-order chi connectivity index (χ0) is 11.2. The molecule has 5 heteroatoms. The topological polar surface area (TPSA) is 75.4 Å². The summed E-state index contributed by atoms with van der Waals surface area (Å²) in [6.45, 7) is 1.84. The monoisotopic (exact) mass is 210 g/mol. The molecule has 1 aliphatic carbocycles. The molecular weight excluding hydrogens is 196 g/mol. The largest absolute Gasteiger partial charge is 0.481 e. The number of aryl methyl sites for hydroxylation is 2. The van der Waals surface area contributed by atoms with E-state index < -0.39 is 17.5 Å². The highest BCUT2D eigenvalue weighted by Crippen LogP contribution is 2.44. The lowest BCUT2D eigenvalue weighted by Crippen LogP contribution is -2.51. The quantitative estimate of drug-likeness (QED) is 0.731. The Morgan fingerprint density at radius 3 is 2.60 bits per heavy atom. The van der Waals surface area contributed by atoms with Crippen molar-refractivity contribution in [2.24, 2.45) is 7.05 Å². The van der Waals surface area contributed by atoms with Crippen LogP contribution in [0.4, 0.5) is 0 Å². The first-order valence-corrected chi connectivity index (χ1v) is 4.88. The number of hydrogen-bond donors (Lipinski definition) is 2. The van der Waals surface area contributed by atoms with Crippen LogP contribution in [0, 0.1) is 6.92 Å². The zero-order valence-electron chi connectivity index (χ0n) is 8.77. The Morgan fingerprint density at radius 2 is 2.27 bits per heavy atom. The lowest BCUT2D eigenvalue weighted by Gasteiger charge is -2.40. The van der Waals surface area contributed by atoms with Crippen LogP contribution in [-0.4, -0.2) is 32.1 Å². The van der Waals surface area contributed by atoms with Crippen molar-refractivity contribution >= 4 is 5.97 Å². The summed E-state index contributed by atoms with van der Waals surface area (Å²) in [5.41, 5.74) is 0.486. The van der Waals surface area contributed by atoms with E-state index in [1.807, 2.05) is 6.92 Å². The Labute approximate surface area is 87.3 Å². The minimum Gasteiger partial charge on any atom is -0.481 e. The molecule has 0 unspecified atom stereocenters. The molecule has 2 N–H and O–H groups in total. The third-order valence-corrected chi connectivity index (χ3v) is 3.04. The summed E-state index contributed by atoms with van der Waals surface area (Å²) in [5.74, 6) is -0.894. The van der Waals surface area contributed by atoms with E-state index in [-0.39, 0.29) is 12.8 Å². The predicted octanol–water partition coefficient (Wildman–Crippen LogP) is 0.206. The Kier molecular flexibility index (Phi) is 2.08. The van der Waals surface area contributed by atoms with Gasteiger partial charge in [0, 0.05) is 13.2 Å². The molecule has 5 nitrogen and oxygen atoms in total. The molecule has 1 heterocycles. The van der Waals surface area contributed by atoms with E-state index in [0.717, 1.165) is 5.56 Å². The molecule has 0 aromatic carbocycles. The van der Waals surface area contributed by atoms with E-state index >= 15 is 0 Å². The maximum atomic E-state index is 11.3. The van der Waals surface area contributed by atoms with Gasteiger partial charge in [-0.2, -0.15) is 5.10 Å². The molecule has 0 spiro atoms. The van der Waals surface area contributed by atoms with Crippen molar-refractivity contribution in [3.63, 3.8) is 0 Å². The van der Waals surface area contributed by atoms with Crippen LogP contribution in [0.5, 0.6) is 0 Å². The van der Waals surface area contributed by atoms with Crippen LogP contribution in [0.3, 0.4) is 0 Å². The van der Waals surface area contributed by atoms with Crippen molar-refractivity contribution in [2.75, 3.05) is 0 Å². The van der Waals surface area contributed by atoms with Gasteiger partial charge in [-0.25, -0.2) is 0 Å². The predicted molar refractivity (Wildman–Crippen MR) is 52.5 cm³/mol. The summed E-state index contributed by atoms with van der Waals surface area (Å²) in [6, 6.07) is 0.